The molecule has 0 heterocycles. The number of nitrogens with two attached hydrogens (primary N) is 2. The SMILES string of the molecule is CC(C)(C)OC(=O)N(C(=O)OC(C)(C)C)C(CNCCOc1ccc(CCCCN)cc1)C(N)=O. The first-order valence-corrected chi connectivity index (χ1v) is 11.9. The van der Waals surface area contributed by atoms with E-state index in [2.05, 4.69) is 5.32 Å². The van der Waals surface area contributed by atoms with Crippen molar-refractivity contribution in [1.29, 1.82) is 0 Å². The van der Waals surface area contributed by atoms with E-state index in [-0.39, 0.29) is 6.54 Å². The second-order valence-electron chi connectivity index (χ2n) is 10.2. The molecule has 1 rings (SSSR count). The van der Waals surface area contributed by atoms with E-state index in [0.717, 1.165) is 19.3 Å². The Morgan fingerprint density at radius 2 is 1.49 bits per heavy atom. The fourth-order valence-corrected chi connectivity index (χ4v) is 2.98. The lowest BCUT2D eigenvalue weighted by molar-refractivity contribution is -0.123. The molecule has 0 saturated heterocycles. The summed E-state index contributed by atoms with van der Waals surface area (Å²) in [6.45, 7) is 11.2. The number of hydrogen-bond donors (Lipinski definition) is 3. The maximum absolute atomic E-state index is 12.8. The summed E-state index contributed by atoms with van der Waals surface area (Å²) in [4.78, 5) is 38.3. The minimum Gasteiger partial charge on any atom is -0.492 e. The standard InChI is InChI=1S/C25H42N4O6/c1-24(2,3)34-22(31)29(23(32)35-25(4,5)6)20(21(27)30)17-28-15-16-33-19-12-10-18(11-13-19)9-7-8-14-26/h10-13,20,28H,7-9,14-17,26H2,1-6H3,(H2,27,30). The zero-order valence-electron chi connectivity index (χ0n) is 21.9. The molecule has 0 aromatic heterocycles. The summed E-state index contributed by atoms with van der Waals surface area (Å²) in [6, 6.07) is 6.52. The fraction of sp³-hybridized carbons (Fsp3) is 0.640. The minimum atomic E-state index is -1.31. The van der Waals surface area contributed by atoms with E-state index >= 15 is 0 Å². The molecule has 0 saturated carbocycles. The Morgan fingerprint density at radius 3 is 1.94 bits per heavy atom. The maximum atomic E-state index is 12.8. The van der Waals surface area contributed by atoms with Gasteiger partial charge in [0, 0.05) is 13.1 Å². The van der Waals surface area contributed by atoms with Crippen molar-refractivity contribution in [2.24, 2.45) is 11.5 Å². The van der Waals surface area contributed by atoms with Crippen LogP contribution in [0.25, 0.3) is 0 Å². The molecule has 0 aliphatic rings. The van der Waals surface area contributed by atoms with Crippen molar-refractivity contribution in [3.8, 4) is 5.75 Å². The molecule has 1 aromatic carbocycles. The summed E-state index contributed by atoms with van der Waals surface area (Å²) in [6.07, 6.45) is 0.986. The van der Waals surface area contributed by atoms with Gasteiger partial charge in [-0.15, -0.1) is 0 Å². The number of nitrogens with one attached hydrogen (secondary N) is 1. The number of benzene rings is 1. The second kappa shape index (κ2) is 13.9. The molecule has 3 amide bonds. The molecule has 1 unspecified atom stereocenters. The third-order valence-electron chi connectivity index (χ3n) is 4.55. The van der Waals surface area contributed by atoms with E-state index < -0.39 is 35.3 Å². The molecule has 0 aliphatic heterocycles. The van der Waals surface area contributed by atoms with Crippen molar-refractivity contribution in [2.45, 2.75) is 78.0 Å². The number of amides is 3. The van der Waals surface area contributed by atoms with Crippen LogP contribution < -0.4 is 21.5 Å². The molecule has 0 bridgehead atoms. The van der Waals surface area contributed by atoms with Crippen LogP contribution in [0.2, 0.25) is 0 Å². The van der Waals surface area contributed by atoms with Gasteiger partial charge in [0.1, 0.15) is 29.6 Å². The third kappa shape index (κ3) is 12.4. The monoisotopic (exact) mass is 494 g/mol. The smallest absolute Gasteiger partial charge is 0.420 e. The summed E-state index contributed by atoms with van der Waals surface area (Å²) in [5.41, 5.74) is 10.5. The van der Waals surface area contributed by atoms with Crippen LogP contribution in [0, 0.1) is 0 Å². The number of carbonyl (C=O) groups is 3. The molecule has 0 aliphatic carbocycles. The molecule has 10 heteroatoms. The molecule has 0 fully saturated rings. The fourth-order valence-electron chi connectivity index (χ4n) is 2.98. The number of hydrogen-bond acceptors (Lipinski definition) is 8. The molecule has 35 heavy (non-hydrogen) atoms. The summed E-state index contributed by atoms with van der Waals surface area (Å²) < 4.78 is 16.3. The van der Waals surface area contributed by atoms with Gasteiger partial charge in [-0.05, 0) is 85.0 Å². The molecule has 198 valence electrons. The van der Waals surface area contributed by atoms with Gasteiger partial charge in [-0.3, -0.25) is 4.79 Å². The van der Waals surface area contributed by atoms with Gasteiger partial charge in [-0.25, -0.2) is 9.59 Å². The van der Waals surface area contributed by atoms with Crippen LogP contribution in [-0.2, 0) is 20.7 Å². The number of primary amides is 1. The normalized spacial score (nSPS) is 12.5. The van der Waals surface area contributed by atoms with Crippen LogP contribution in [0.4, 0.5) is 9.59 Å². The van der Waals surface area contributed by atoms with Gasteiger partial charge in [-0.1, -0.05) is 12.1 Å². The average molecular weight is 495 g/mol. The third-order valence-corrected chi connectivity index (χ3v) is 4.55. The number of rotatable bonds is 12. The molecule has 10 nitrogen and oxygen atoms in total. The molecule has 1 atom stereocenters. The number of aryl methyl sites for hydroxylation is 1. The predicted molar refractivity (Wildman–Crippen MR) is 134 cm³/mol. The van der Waals surface area contributed by atoms with Crippen LogP contribution in [0.15, 0.2) is 24.3 Å². The minimum absolute atomic E-state index is 0.0861. The molecule has 0 spiro atoms. The largest absolute Gasteiger partial charge is 0.492 e. The van der Waals surface area contributed by atoms with E-state index in [9.17, 15) is 14.4 Å². The predicted octanol–water partition coefficient (Wildman–Crippen LogP) is 2.96. The summed E-state index contributed by atoms with van der Waals surface area (Å²) in [5, 5.41) is 3.00. The van der Waals surface area contributed by atoms with Crippen molar-refractivity contribution in [3.63, 3.8) is 0 Å². The number of carbonyl (C=O) groups excluding carboxylic acids is 3. The van der Waals surface area contributed by atoms with Gasteiger partial charge in [0.25, 0.3) is 0 Å². The van der Waals surface area contributed by atoms with Crippen molar-refractivity contribution in [3.05, 3.63) is 29.8 Å². The maximum Gasteiger partial charge on any atom is 0.420 e. The van der Waals surface area contributed by atoms with E-state index in [1.54, 1.807) is 41.5 Å². The van der Waals surface area contributed by atoms with Crippen LogP contribution in [0.3, 0.4) is 0 Å². The first kappa shape index (κ1) is 30.2. The summed E-state index contributed by atoms with van der Waals surface area (Å²) >= 11 is 0. The lowest BCUT2D eigenvalue weighted by Crippen LogP contribution is -2.57. The van der Waals surface area contributed by atoms with Gasteiger partial charge < -0.3 is 31.0 Å². The molecule has 5 N–H and O–H groups in total. The van der Waals surface area contributed by atoms with Crippen molar-refractivity contribution in [1.82, 2.24) is 10.2 Å². The lowest BCUT2D eigenvalue weighted by Gasteiger charge is -2.32. The molecule has 1 aromatic rings. The summed E-state index contributed by atoms with van der Waals surface area (Å²) in [7, 11) is 0. The highest BCUT2D eigenvalue weighted by Crippen LogP contribution is 2.17. The van der Waals surface area contributed by atoms with Gasteiger partial charge >= 0.3 is 12.2 Å². The van der Waals surface area contributed by atoms with Crippen LogP contribution >= 0.6 is 0 Å². The van der Waals surface area contributed by atoms with E-state index in [1.807, 2.05) is 24.3 Å². The molecule has 0 radical (unpaired) electrons. The van der Waals surface area contributed by atoms with Gasteiger partial charge in [0.2, 0.25) is 5.91 Å². The Bertz CT molecular complexity index is 787. The van der Waals surface area contributed by atoms with Crippen molar-refractivity contribution in [2.75, 3.05) is 26.2 Å². The highest BCUT2D eigenvalue weighted by atomic mass is 16.6. The van der Waals surface area contributed by atoms with Crippen LogP contribution in [0.5, 0.6) is 5.75 Å². The Labute approximate surface area is 208 Å². The van der Waals surface area contributed by atoms with E-state index in [0.29, 0.717) is 30.3 Å². The van der Waals surface area contributed by atoms with Crippen molar-refractivity contribution >= 4 is 18.1 Å². The summed E-state index contributed by atoms with van der Waals surface area (Å²) in [5.74, 6) is -0.162. The second-order valence-corrected chi connectivity index (χ2v) is 10.2. The highest BCUT2D eigenvalue weighted by Gasteiger charge is 2.39. The molecular weight excluding hydrogens is 452 g/mol. The highest BCUT2D eigenvalue weighted by molar-refractivity contribution is 5.95. The first-order valence-electron chi connectivity index (χ1n) is 11.9. The van der Waals surface area contributed by atoms with Crippen molar-refractivity contribution < 1.29 is 28.6 Å². The number of imide groups is 1. The van der Waals surface area contributed by atoms with E-state index in [1.165, 1.54) is 5.56 Å². The topological polar surface area (TPSA) is 146 Å². The average Bonchev–Trinajstić information content (AvgIpc) is 2.71. The van der Waals surface area contributed by atoms with Crippen LogP contribution in [0.1, 0.15) is 59.9 Å². The Balaban J connectivity index is 2.71. The number of unbranched alkanes of at least 4 members (excludes halogenated alkanes) is 1. The molecular formula is C25H42N4O6. The van der Waals surface area contributed by atoms with Gasteiger partial charge in [-0.2, -0.15) is 4.90 Å². The van der Waals surface area contributed by atoms with Gasteiger partial charge in [0.15, 0.2) is 0 Å². The number of nitrogens with zero attached hydrogens (tertiary/aromatic N) is 1. The Morgan fingerprint density at radius 1 is 0.943 bits per heavy atom. The zero-order valence-corrected chi connectivity index (χ0v) is 21.9. The quantitative estimate of drug-likeness (QED) is 0.376. The van der Waals surface area contributed by atoms with Crippen LogP contribution in [-0.4, -0.2) is 66.5 Å². The number of ether oxygens (including phenoxy) is 3. The van der Waals surface area contributed by atoms with E-state index in [4.69, 9.17) is 25.7 Å². The zero-order chi connectivity index (χ0) is 26.6. The first-order chi connectivity index (χ1) is 16.2. The lowest BCUT2D eigenvalue weighted by atomic mass is 10.1. The Kier molecular flexibility index (Phi) is 12.0. The van der Waals surface area contributed by atoms with Gasteiger partial charge in [0.05, 0.1) is 0 Å². The Hall–Kier alpha value is -2.85.